The predicted molar refractivity (Wildman–Crippen MR) is 111 cm³/mol. The number of esters is 1. The van der Waals surface area contributed by atoms with Gasteiger partial charge in [0, 0.05) is 6.04 Å². The van der Waals surface area contributed by atoms with E-state index in [-0.39, 0.29) is 6.04 Å². The zero-order valence-electron chi connectivity index (χ0n) is 16.8. The molecule has 3 rings (SSSR count). The van der Waals surface area contributed by atoms with E-state index >= 15 is 0 Å². The van der Waals surface area contributed by atoms with Crippen LogP contribution in [0.25, 0.3) is 0 Å². The lowest BCUT2D eigenvalue weighted by Gasteiger charge is -2.22. The van der Waals surface area contributed by atoms with E-state index in [2.05, 4.69) is 10.6 Å². The minimum atomic E-state index is -0.667. The number of nitrogens with one attached hydrogen (secondary N) is 2. The molecule has 0 saturated heterocycles. The van der Waals surface area contributed by atoms with Crippen molar-refractivity contribution in [3.05, 3.63) is 65.7 Å². The van der Waals surface area contributed by atoms with E-state index < -0.39 is 24.5 Å². The third-order valence-corrected chi connectivity index (χ3v) is 4.87. The number of carbonyl (C=O) groups is 3. The van der Waals surface area contributed by atoms with Crippen LogP contribution in [-0.4, -0.2) is 30.6 Å². The predicted octanol–water partition coefficient (Wildman–Crippen LogP) is 3.58. The van der Waals surface area contributed by atoms with E-state index in [1.807, 2.05) is 30.3 Å². The molecule has 30 heavy (non-hydrogen) atoms. The molecule has 0 aliphatic heterocycles. The SMILES string of the molecule is O=C(COC(=O)c1ccc(OCc2ccccc2)cc1)NC(=O)NC1CCCCC1. The largest absolute Gasteiger partial charge is 0.489 e. The standard InChI is InChI=1S/C23H26N2O5/c26-21(25-23(28)24-19-9-5-2-6-10-19)16-30-22(27)18-11-13-20(14-12-18)29-15-17-7-3-1-4-8-17/h1,3-4,7-8,11-14,19H,2,5-6,9-10,15-16H2,(H2,24,25,26,28). The highest BCUT2D eigenvalue weighted by Crippen LogP contribution is 2.17. The summed E-state index contributed by atoms with van der Waals surface area (Å²) >= 11 is 0. The van der Waals surface area contributed by atoms with Gasteiger partial charge in [-0.15, -0.1) is 0 Å². The summed E-state index contributed by atoms with van der Waals surface area (Å²) in [6, 6.07) is 15.7. The molecule has 7 nitrogen and oxygen atoms in total. The number of rotatable bonds is 7. The van der Waals surface area contributed by atoms with Gasteiger partial charge >= 0.3 is 12.0 Å². The Bertz CT molecular complexity index is 846. The molecule has 7 heteroatoms. The maximum atomic E-state index is 12.1. The maximum absolute atomic E-state index is 12.1. The van der Waals surface area contributed by atoms with Gasteiger partial charge in [0.2, 0.25) is 0 Å². The van der Waals surface area contributed by atoms with Crippen molar-refractivity contribution in [3.63, 3.8) is 0 Å². The minimum Gasteiger partial charge on any atom is -0.489 e. The summed E-state index contributed by atoms with van der Waals surface area (Å²) in [5.74, 6) is -0.695. The van der Waals surface area contributed by atoms with Crippen molar-refractivity contribution in [3.8, 4) is 5.75 Å². The Kier molecular flexibility index (Phi) is 7.83. The summed E-state index contributed by atoms with van der Waals surface area (Å²) in [4.78, 5) is 35.8. The van der Waals surface area contributed by atoms with Crippen molar-refractivity contribution in [2.24, 2.45) is 0 Å². The zero-order chi connectivity index (χ0) is 21.2. The lowest BCUT2D eigenvalue weighted by Crippen LogP contribution is -2.46. The molecule has 1 fully saturated rings. The highest BCUT2D eigenvalue weighted by atomic mass is 16.5. The lowest BCUT2D eigenvalue weighted by molar-refractivity contribution is -0.123. The molecule has 0 heterocycles. The second-order valence-corrected chi connectivity index (χ2v) is 7.23. The van der Waals surface area contributed by atoms with Crippen molar-refractivity contribution in [2.45, 2.75) is 44.8 Å². The van der Waals surface area contributed by atoms with Gasteiger partial charge < -0.3 is 14.8 Å². The van der Waals surface area contributed by atoms with Crippen LogP contribution in [0.5, 0.6) is 5.75 Å². The third-order valence-electron chi connectivity index (χ3n) is 4.87. The van der Waals surface area contributed by atoms with Gasteiger partial charge in [-0.1, -0.05) is 49.6 Å². The van der Waals surface area contributed by atoms with Gasteiger partial charge in [0.25, 0.3) is 5.91 Å². The van der Waals surface area contributed by atoms with Gasteiger partial charge in [-0.25, -0.2) is 9.59 Å². The number of carbonyl (C=O) groups excluding carboxylic acids is 3. The number of benzene rings is 2. The molecule has 158 valence electrons. The first-order valence-electron chi connectivity index (χ1n) is 10.1. The third kappa shape index (κ3) is 6.92. The molecule has 2 aromatic carbocycles. The van der Waals surface area contributed by atoms with Crippen LogP contribution >= 0.6 is 0 Å². The average Bonchev–Trinajstić information content (AvgIpc) is 2.77. The fourth-order valence-corrected chi connectivity index (χ4v) is 3.27. The van der Waals surface area contributed by atoms with Gasteiger partial charge in [0.15, 0.2) is 6.61 Å². The van der Waals surface area contributed by atoms with Gasteiger partial charge in [0.05, 0.1) is 5.56 Å². The van der Waals surface area contributed by atoms with Crippen molar-refractivity contribution in [1.82, 2.24) is 10.6 Å². The van der Waals surface area contributed by atoms with Crippen LogP contribution in [0.1, 0.15) is 48.0 Å². The van der Waals surface area contributed by atoms with Gasteiger partial charge in [0.1, 0.15) is 12.4 Å². The highest BCUT2D eigenvalue weighted by Gasteiger charge is 2.17. The first kappa shape index (κ1) is 21.4. The molecule has 0 radical (unpaired) electrons. The van der Waals surface area contributed by atoms with Crippen LogP contribution in [0.4, 0.5) is 4.79 Å². The Morgan fingerprint density at radius 3 is 2.30 bits per heavy atom. The van der Waals surface area contributed by atoms with Gasteiger partial charge in [-0.3, -0.25) is 10.1 Å². The fourth-order valence-electron chi connectivity index (χ4n) is 3.27. The van der Waals surface area contributed by atoms with Crippen LogP contribution in [0, 0.1) is 0 Å². The molecule has 0 spiro atoms. The molecular formula is C23H26N2O5. The average molecular weight is 410 g/mol. The summed E-state index contributed by atoms with van der Waals surface area (Å²) in [6.45, 7) is -0.100. The first-order chi connectivity index (χ1) is 14.6. The van der Waals surface area contributed by atoms with Crippen LogP contribution in [-0.2, 0) is 16.1 Å². The highest BCUT2D eigenvalue weighted by molar-refractivity contribution is 5.97. The summed E-state index contributed by atoms with van der Waals surface area (Å²) < 4.78 is 10.6. The van der Waals surface area contributed by atoms with E-state index in [0.29, 0.717) is 17.9 Å². The molecule has 0 atom stereocenters. The Balaban J connectivity index is 1.38. The maximum Gasteiger partial charge on any atom is 0.338 e. The van der Waals surface area contributed by atoms with Gasteiger partial charge in [-0.2, -0.15) is 0 Å². The smallest absolute Gasteiger partial charge is 0.338 e. The summed E-state index contributed by atoms with van der Waals surface area (Å²) in [5, 5.41) is 4.96. The molecule has 1 aliphatic rings. The van der Waals surface area contributed by atoms with E-state index in [1.165, 1.54) is 6.42 Å². The molecule has 2 aromatic rings. The second-order valence-electron chi connectivity index (χ2n) is 7.23. The molecule has 1 aliphatic carbocycles. The van der Waals surface area contributed by atoms with E-state index in [0.717, 1.165) is 31.2 Å². The minimum absolute atomic E-state index is 0.0942. The fraction of sp³-hybridized carbons (Fsp3) is 0.348. The van der Waals surface area contributed by atoms with E-state index in [4.69, 9.17) is 9.47 Å². The van der Waals surface area contributed by atoms with Gasteiger partial charge in [-0.05, 0) is 42.7 Å². The van der Waals surface area contributed by atoms with Crippen molar-refractivity contribution in [1.29, 1.82) is 0 Å². The van der Waals surface area contributed by atoms with Crippen LogP contribution in [0.15, 0.2) is 54.6 Å². The van der Waals surface area contributed by atoms with Crippen molar-refractivity contribution in [2.75, 3.05) is 6.61 Å². The number of hydrogen-bond donors (Lipinski definition) is 2. The van der Waals surface area contributed by atoms with Crippen molar-refractivity contribution >= 4 is 17.9 Å². The number of ether oxygens (including phenoxy) is 2. The monoisotopic (exact) mass is 410 g/mol. The topological polar surface area (TPSA) is 93.7 Å². The van der Waals surface area contributed by atoms with E-state index in [9.17, 15) is 14.4 Å². The molecule has 3 amide bonds. The summed E-state index contributed by atoms with van der Waals surface area (Å²) in [6.07, 6.45) is 5.16. The Labute approximate surface area is 175 Å². The van der Waals surface area contributed by atoms with E-state index in [1.54, 1.807) is 24.3 Å². The number of urea groups is 1. The van der Waals surface area contributed by atoms with Crippen LogP contribution < -0.4 is 15.4 Å². The molecule has 2 N–H and O–H groups in total. The summed E-state index contributed by atoms with van der Waals surface area (Å²) in [5.41, 5.74) is 1.33. The molecule has 0 unspecified atom stereocenters. The number of amides is 3. The summed E-state index contributed by atoms with van der Waals surface area (Å²) in [7, 11) is 0. The first-order valence-corrected chi connectivity index (χ1v) is 10.1. The quantitative estimate of drug-likeness (QED) is 0.681. The number of hydrogen-bond acceptors (Lipinski definition) is 5. The van der Waals surface area contributed by atoms with Crippen molar-refractivity contribution < 1.29 is 23.9 Å². The normalized spacial score (nSPS) is 13.9. The molecule has 1 saturated carbocycles. The molecule has 0 bridgehead atoms. The van der Waals surface area contributed by atoms with Crippen LogP contribution in [0.3, 0.4) is 0 Å². The van der Waals surface area contributed by atoms with Crippen LogP contribution in [0.2, 0.25) is 0 Å². The molecule has 0 aromatic heterocycles. The second kappa shape index (κ2) is 11.0. The molecular weight excluding hydrogens is 384 g/mol. The zero-order valence-corrected chi connectivity index (χ0v) is 16.8. The Hall–Kier alpha value is -3.35. The Morgan fingerprint density at radius 2 is 1.60 bits per heavy atom. The lowest BCUT2D eigenvalue weighted by atomic mass is 9.96. The Morgan fingerprint density at radius 1 is 0.900 bits per heavy atom. The number of imide groups is 1.